The molecule has 0 radical (unpaired) electrons. The van der Waals surface area contributed by atoms with E-state index < -0.39 is 0 Å². The molecule has 0 N–H and O–H groups in total. The molecule has 0 saturated carbocycles. The molecule has 0 unspecified atom stereocenters. The van der Waals surface area contributed by atoms with Gasteiger partial charge in [-0.05, 0) is 76.9 Å². The molecule has 11 rings (SSSR count). The van der Waals surface area contributed by atoms with E-state index >= 15 is 0 Å². The van der Waals surface area contributed by atoms with Crippen molar-refractivity contribution < 1.29 is 8.83 Å². The van der Waals surface area contributed by atoms with Crippen molar-refractivity contribution in [3.63, 3.8) is 0 Å². The quantitative estimate of drug-likeness (QED) is 0.172. The van der Waals surface area contributed by atoms with Crippen LogP contribution in [0.1, 0.15) is 0 Å². The van der Waals surface area contributed by atoms with Crippen LogP contribution >= 0.6 is 11.3 Å². The number of hydrogen-bond acceptors (Lipinski definition) is 5. The van der Waals surface area contributed by atoms with Crippen LogP contribution in [0.4, 0.5) is 17.1 Å². The average Bonchev–Trinajstić information content (AvgIpc) is 3.95. The van der Waals surface area contributed by atoms with Crippen molar-refractivity contribution in [1.29, 1.82) is 0 Å². The summed E-state index contributed by atoms with van der Waals surface area (Å²) >= 11 is 1.71. The van der Waals surface area contributed by atoms with Crippen LogP contribution in [0.15, 0.2) is 191 Å². The number of hydrogen-bond donors (Lipinski definition) is 0. The molecule has 11 aromatic rings. The Morgan fingerprint density at radius 2 is 0.963 bits per heavy atom. The van der Waals surface area contributed by atoms with Crippen molar-refractivity contribution in [2.75, 3.05) is 4.90 Å². The first-order valence-electron chi connectivity index (χ1n) is 18.0. The highest BCUT2D eigenvalue weighted by Crippen LogP contribution is 2.45. The lowest BCUT2D eigenvalue weighted by Gasteiger charge is -2.27. The zero-order chi connectivity index (χ0) is 35.6. The van der Waals surface area contributed by atoms with Crippen molar-refractivity contribution in [2.45, 2.75) is 0 Å². The first-order valence-corrected chi connectivity index (χ1v) is 18.8. The van der Waals surface area contributed by atoms with Gasteiger partial charge in [-0.15, -0.1) is 11.3 Å². The molecule has 0 spiro atoms. The third-order valence-corrected chi connectivity index (χ3v) is 11.4. The van der Waals surface area contributed by atoms with E-state index in [9.17, 15) is 0 Å². The first kappa shape index (κ1) is 30.7. The van der Waals surface area contributed by atoms with Gasteiger partial charge in [-0.3, -0.25) is 0 Å². The molecule has 0 aliphatic carbocycles. The smallest absolute Gasteiger partial charge is 0.137 e. The van der Waals surface area contributed by atoms with Gasteiger partial charge in [0.05, 0.1) is 15.6 Å². The van der Waals surface area contributed by atoms with Gasteiger partial charge in [0, 0.05) is 50.9 Å². The van der Waals surface area contributed by atoms with Crippen LogP contribution in [-0.4, -0.2) is 4.98 Å². The van der Waals surface area contributed by atoms with Crippen LogP contribution in [0.5, 0.6) is 0 Å². The maximum atomic E-state index is 6.64. The Balaban J connectivity index is 1.12. The van der Waals surface area contributed by atoms with Gasteiger partial charge < -0.3 is 13.7 Å². The van der Waals surface area contributed by atoms with Crippen molar-refractivity contribution in [3.8, 4) is 32.8 Å². The van der Waals surface area contributed by atoms with Gasteiger partial charge in [-0.1, -0.05) is 115 Å². The molecule has 0 bridgehead atoms. The second-order valence-corrected chi connectivity index (χ2v) is 14.6. The van der Waals surface area contributed by atoms with E-state index in [4.69, 9.17) is 13.8 Å². The number of benzene rings is 8. The minimum Gasteiger partial charge on any atom is -0.456 e. The van der Waals surface area contributed by atoms with E-state index in [1.807, 2.05) is 18.2 Å². The Bertz CT molecular complexity index is 3160. The molecule has 8 aromatic carbocycles. The highest BCUT2D eigenvalue weighted by molar-refractivity contribution is 7.21. The Morgan fingerprint density at radius 1 is 0.407 bits per heavy atom. The number of fused-ring (bicyclic) bond motifs is 8. The molecule has 3 heterocycles. The lowest BCUT2D eigenvalue weighted by molar-refractivity contribution is 0.669. The van der Waals surface area contributed by atoms with Crippen molar-refractivity contribution in [2.24, 2.45) is 0 Å². The number of para-hydroxylation sites is 1. The summed E-state index contributed by atoms with van der Waals surface area (Å²) in [6.45, 7) is 0. The summed E-state index contributed by atoms with van der Waals surface area (Å²) < 4.78 is 14.2. The Hall–Kier alpha value is -6.95. The monoisotopic (exact) mass is 710 g/mol. The molecule has 0 aliphatic heterocycles. The van der Waals surface area contributed by atoms with Gasteiger partial charge in [0.25, 0.3) is 0 Å². The number of rotatable bonds is 6. The normalized spacial score (nSPS) is 11.7. The predicted octanol–water partition coefficient (Wildman–Crippen LogP) is 14.6. The fourth-order valence-electron chi connectivity index (χ4n) is 7.78. The van der Waals surface area contributed by atoms with Crippen molar-refractivity contribution in [1.82, 2.24) is 4.98 Å². The molecule has 0 aliphatic rings. The summed E-state index contributed by atoms with van der Waals surface area (Å²) in [5.74, 6) is 0. The van der Waals surface area contributed by atoms with Crippen LogP contribution in [0.2, 0.25) is 0 Å². The fourth-order valence-corrected chi connectivity index (χ4v) is 8.76. The van der Waals surface area contributed by atoms with E-state index in [1.165, 1.54) is 11.1 Å². The molecular weight excluding hydrogens is 681 g/mol. The van der Waals surface area contributed by atoms with Crippen LogP contribution in [0.25, 0.3) is 86.9 Å². The van der Waals surface area contributed by atoms with Gasteiger partial charge in [0.1, 0.15) is 27.3 Å². The number of furan rings is 2. The number of anilines is 3. The zero-order valence-electron chi connectivity index (χ0n) is 28.9. The number of nitrogens with zero attached hydrogens (tertiary/aromatic N) is 2. The van der Waals surface area contributed by atoms with Gasteiger partial charge in [-0.25, -0.2) is 4.98 Å². The maximum absolute atomic E-state index is 6.64. The summed E-state index contributed by atoms with van der Waals surface area (Å²) in [7, 11) is 0. The molecule has 5 heteroatoms. The van der Waals surface area contributed by atoms with Gasteiger partial charge in [0.2, 0.25) is 0 Å². The topological polar surface area (TPSA) is 42.4 Å². The molecule has 0 atom stereocenters. The standard InChI is InChI=1S/C49H30N2O2S/c1-4-12-31(13-5-1)37-23-20-34(28-41(37)32-14-6-2-7-15-32)51(35-21-24-39-38-18-10-11-19-42(38)52-44(39)29-35)36-22-25-40-45(30-36)53-43-26-27-46-48(47(40)43)50-49(54-46)33-16-8-3-9-17-33/h1-30H. The molecular formula is C49H30N2O2S. The van der Waals surface area contributed by atoms with Crippen LogP contribution < -0.4 is 4.90 Å². The zero-order valence-corrected chi connectivity index (χ0v) is 29.8. The Labute approximate surface area is 314 Å². The fraction of sp³-hybridized carbons (Fsp3) is 0. The molecule has 0 fully saturated rings. The largest absolute Gasteiger partial charge is 0.456 e. The number of thiazole rings is 1. The van der Waals surface area contributed by atoms with Gasteiger partial charge in [0.15, 0.2) is 0 Å². The summed E-state index contributed by atoms with van der Waals surface area (Å²) in [6.07, 6.45) is 0. The first-order chi connectivity index (χ1) is 26.7. The Kier molecular flexibility index (Phi) is 7.00. The van der Waals surface area contributed by atoms with E-state index in [0.29, 0.717) is 0 Å². The van der Waals surface area contributed by atoms with Crippen molar-refractivity contribution >= 4 is 82.5 Å². The van der Waals surface area contributed by atoms with Crippen LogP contribution in [0, 0.1) is 0 Å². The van der Waals surface area contributed by atoms with Crippen molar-refractivity contribution in [3.05, 3.63) is 182 Å². The summed E-state index contributed by atoms with van der Waals surface area (Å²) in [5.41, 5.74) is 13.1. The lowest BCUT2D eigenvalue weighted by Crippen LogP contribution is -2.10. The summed E-state index contributed by atoms with van der Waals surface area (Å²) in [4.78, 5) is 7.44. The highest BCUT2D eigenvalue weighted by Gasteiger charge is 2.21. The minimum atomic E-state index is 0.809. The molecule has 0 saturated heterocycles. The summed E-state index contributed by atoms with van der Waals surface area (Å²) in [5, 5.41) is 5.29. The second-order valence-electron chi connectivity index (χ2n) is 13.5. The van der Waals surface area contributed by atoms with Gasteiger partial charge >= 0.3 is 0 Å². The third-order valence-electron chi connectivity index (χ3n) is 10.3. The number of aromatic nitrogens is 1. The Morgan fingerprint density at radius 3 is 1.70 bits per heavy atom. The SMILES string of the molecule is c1ccc(-c2nc3c(ccc4oc5cc(N(c6ccc(-c7ccccc7)c(-c7ccccc7)c6)c6ccc7c(c6)oc6ccccc67)ccc5c43)s2)cc1. The molecule has 3 aromatic heterocycles. The maximum Gasteiger partial charge on any atom is 0.137 e. The summed E-state index contributed by atoms with van der Waals surface area (Å²) in [6, 6.07) is 63.8. The third kappa shape index (κ3) is 5.01. The van der Waals surface area contributed by atoms with Gasteiger partial charge in [-0.2, -0.15) is 0 Å². The highest BCUT2D eigenvalue weighted by atomic mass is 32.1. The van der Waals surface area contributed by atoms with E-state index in [0.717, 1.165) is 92.9 Å². The molecule has 4 nitrogen and oxygen atoms in total. The van der Waals surface area contributed by atoms with E-state index in [-0.39, 0.29) is 0 Å². The minimum absolute atomic E-state index is 0.809. The average molecular weight is 711 g/mol. The molecule has 0 amide bonds. The molecule has 254 valence electrons. The molecule has 54 heavy (non-hydrogen) atoms. The second kappa shape index (κ2) is 12.3. The van der Waals surface area contributed by atoms with E-state index in [1.54, 1.807) is 11.3 Å². The van der Waals surface area contributed by atoms with Crippen LogP contribution in [0.3, 0.4) is 0 Å². The predicted molar refractivity (Wildman–Crippen MR) is 225 cm³/mol. The lowest BCUT2D eigenvalue weighted by atomic mass is 9.93. The van der Waals surface area contributed by atoms with E-state index in [2.05, 4.69) is 169 Å². The van der Waals surface area contributed by atoms with Crippen LogP contribution in [-0.2, 0) is 0 Å².